The van der Waals surface area contributed by atoms with Crippen molar-refractivity contribution in [1.29, 1.82) is 0 Å². The van der Waals surface area contributed by atoms with Gasteiger partial charge >= 0.3 is 6.09 Å². The van der Waals surface area contributed by atoms with Gasteiger partial charge in [0.15, 0.2) is 8.32 Å². The van der Waals surface area contributed by atoms with E-state index in [1.807, 2.05) is 47.6 Å². The fourth-order valence-corrected chi connectivity index (χ4v) is 6.89. The van der Waals surface area contributed by atoms with Crippen LogP contribution in [0.25, 0.3) is 0 Å². The molecule has 7 heteroatoms. The summed E-state index contributed by atoms with van der Waals surface area (Å²) in [6.07, 6.45) is 1.48. The minimum absolute atomic E-state index is 0.0283. The molecule has 0 aromatic rings. The van der Waals surface area contributed by atoms with E-state index in [0.29, 0.717) is 24.7 Å². The van der Waals surface area contributed by atoms with E-state index in [0.717, 1.165) is 11.1 Å². The molecule has 0 radical (unpaired) electrons. The third kappa shape index (κ3) is 10.2. The molecule has 1 aliphatic carbocycles. The quantitative estimate of drug-likeness (QED) is 0.215. The van der Waals surface area contributed by atoms with Crippen molar-refractivity contribution >= 4 is 22.5 Å². The van der Waals surface area contributed by atoms with Crippen LogP contribution >= 0.6 is 0 Å². The van der Waals surface area contributed by atoms with Crippen LogP contribution in [0.5, 0.6) is 0 Å². The van der Waals surface area contributed by atoms with E-state index >= 15 is 0 Å². The second kappa shape index (κ2) is 14.2. The molecule has 1 aliphatic rings. The summed E-state index contributed by atoms with van der Waals surface area (Å²) in [4.78, 5) is 15.1. The highest BCUT2D eigenvalue weighted by atomic mass is 28.4. The second-order valence-corrected chi connectivity index (χ2v) is 24.8. The average Bonchev–Trinajstić information content (AvgIpc) is 2.75. The first-order valence-electron chi connectivity index (χ1n) is 15.2. The van der Waals surface area contributed by atoms with Crippen LogP contribution in [0.1, 0.15) is 82.6 Å². The maximum atomic E-state index is 13.4. The molecule has 1 N–H and O–H groups in total. The van der Waals surface area contributed by atoms with Crippen molar-refractivity contribution in [3.63, 3.8) is 0 Å². The Bertz CT molecular complexity index is 979. The molecule has 5 nitrogen and oxygen atoms in total. The Kier molecular flexibility index (Phi) is 13.0. The summed E-state index contributed by atoms with van der Waals surface area (Å²) in [5, 5.41) is 11.9. The van der Waals surface area contributed by atoms with Crippen molar-refractivity contribution in [1.82, 2.24) is 4.90 Å². The van der Waals surface area contributed by atoms with Gasteiger partial charge in [-0.15, -0.1) is 5.54 Å². The number of hydrogen-bond acceptors (Lipinski definition) is 4. The van der Waals surface area contributed by atoms with E-state index in [1.165, 1.54) is 0 Å². The van der Waals surface area contributed by atoms with Gasteiger partial charge in [0.25, 0.3) is 0 Å². The minimum atomic E-state index is -2.01. The molecule has 0 spiro atoms. The Labute approximate surface area is 249 Å². The first-order valence-corrected chi connectivity index (χ1v) is 21.6. The number of hydrogen-bond donors (Lipinski definition) is 1. The lowest BCUT2D eigenvalue weighted by atomic mass is 9.66. The van der Waals surface area contributed by atoms with Gasteiger partial charge < -0.3 is 19.2 Å². The zero-order valence-electron chi connectivity index (χ0n) is 28.7. The van der Waals surface area contributed by atoms with Crippen LogP contribution < -0.4 is 0 Å². The average molecular weight is 592 g/mol. The minimum Gasteiger partial charge on any atom is -0.417 e. The predicted octanol–water partition coefficient (Wildman–Crippen LogP) is 8.63. The van der Waals surface area contributed by atoms with E-state index in [1.54, 1.807) is 4.90 Å². The number of allylic oxidation sites excluding steroid dienone is 2. The van der Waals surface area contributed by atoms with E-state index in [-0.39, 0.29) is 41.0 Å². The van der Waals surface area contributed by atoms with Crippen LogP contribution in [0.3, 0.4) is 0 Å². The molecular weight excluding hydrogens is 531 g/mol. The van der Waals surface area contributed by atoms with E-state index in [9.17, 15) is 9.90 Å². The number of nitrogens with zero attached hydrogens (tertiary/aromatic N) is 1. The summed E-state index contributed by atoms with van der Waals surface area (Å²) in [7, 11) is -3.56. The molecule has 0 aromatic heterocycles. The monoisotopic (exact) mass is 591 g/mol. The zero-order valence-corrected chi connectivity index (χ0v) is 30.7. The number of rotatable bonds is 9. The lowest BCUT2D eigenvalue weighted by Gasteiger charge is -2.45. The third-order valence-electron chi connectivity index (χ3n) is 8.63. The predicted molar refractivity (Wildman–Crippen MR) is 175 cm³/mol. The summed E-state index contributed by atoms with van der Waals surface area (Å²) in [6, 6.07) is 0.0566. The van der Waals surface area contributed by atoms with Crippen molar-refractivity contribution in [3.8, 4) is 11.5 Å². The van der Waals surface area contributed by atoms with Crippen molar-refractivity contribution in [2.75, 3.05) is 6.61 Å². The zero-order chi connectivity index (χ0) is 31.4. The first kappa shape index (κ1) is 36.7. The van der Waals surface area contributed by atoms with Crippen molar-refractivity contribution in [2.45, 2.75) is 139 Å². The molecular formula is C33H61NO4Si2. The number of ether oxygens (including phenoxy) is 1. The van der Waals surface area contributed by atoms with Gasteiger partial charge in [-0.05, 0) is 94.7 Å². The highest BCUT2D eigenvalue weighted by molar-refractivity contribution is 6.83. The molecule has 40 heavy (non-hydrogen) atoms. The molecule has 0 bridgehead atoms. The Hall–Kier alpha value is -1.34. The highest BCUT2D eigenvalue weighted by Gasteiger charge is 2.45. The Balaban J connectivity index is 3.64. The standard InChI is InChI=1S/C33H61NO4Si2/c1-22(2)27-20-30(38-32(36)34(23(3)4)24(5)6)26(8)31(28(27)21-37-40(15,16)33(9,10)11)29(35)19-25(7)17-18-39(12,13)14/h19,22-24,27-29,31,35H,20-21H2,1-16H3/b25-19+/t27-,28-,29+,31+/m1/s1. The van der Waals surface area contributed by atoms with E-state index in [4.69, 9.17) is 9.16 Å². The van der Waals surface area contributed by atoms with Gasteiger partial charge in [-0.1, -0.05) is 60.2 Å². The summed E-state index contributed by atoms with van der Waals surface area (Å²) in [5.41, 5.74) is 5.23. The van der Waals surface area contributed by atoms with Crippen molar-refractivity contribution in [2.24, 2.45) is 23.7 Å². The van der Waals surface area contributed by atoms with Gasteiger partial charge in [0, 0.05) is 31.0 Å². The van der Waals surface area contributed by atoms with Crippen LogP contribution in [0.15, 0.2) is 23.0 Å². The normalized spacial score (nSPS) is 22.0. The summed E-state index contributed by atoms with van der Waals surface area (Å²) in [5.74, 6) is 4.37. The van der Waals surface area contributed by atoms with Crippen LogP contribution in [0.2, 0.25) is 37.8 Å². The van der Waals surface area contributed by atoms with Gasteiger partial charge in [0.2, 0.25) is 0 Å². The van der Waals surface area contributed by atoms with Crippen LogP contribution in [0, 0.1) is 35.1 Å². The molecule has 230 valence electrons. The molecule has 0 aliphatic heterocycles. The molecule has 0 heterocycles. The summed E-state index contributed by atoms with van der Waals surface area (Å²) >= 11 is 0. The van der Waals surface area contributed by atoms with Crippen molar-refractivity contribution in [3.05, 3.63) is 23.0 Å². The van der Waals surface area contributed by atoms with Gasteiger partial charge in [-0.2, -0.15) is 0 Å². The van der Waals surface area contributed by atoms with Gasteiger partial charge in [-0.25, -0.2) is 4.79 Å². The molecule has 1 rings (SSSR count). The Morgan fingerprint density at radius 1 is 1.07 bits per heavy atom. The molecule has 4 atom stereocenters. The smallest absolute Gasteiger partial charge is 0.415 e. The fourth-order valence-electron chi connectivity index (χ4n) is 5.27. The number of aliphatic hydroxyl groups excluding tert-OH is 1. The first-order chi connectivity index (χ1) is 18.0. The number of carbonyl (C=O) groups excluding carboxylic acids is 1. The third-order valence-corrected chi connectivity index (χ3v) is 14.0. The van der Waals surface area contributed by atoms with Crippen molar-refractivity contribution < 1.29 is 19.1 Å². The summed E-state index contributed by atoms with van der Waals surface area (Å²) in [6.45, 7) is 35.1. The van der Waals surface area contributed by atoms with Gasteiger partial charge in [-0.3, -0.25) is 0 Å². The lowest BCUT2D eigenvalue weighted by molar-refractivity contribution is 0.0265. The second-order valence-electron chi connectivity index (χ2n) is 15.3. The molecule has 0 unspecified atom stereocenters. The molecule has 0 fully saturated rings. The molecule has 0 saturated heterocycles. The number of aliphatic hydroxyl groups is 1. The largest absolute Gasteiger partial charge is 0.417 e. The fraction of sp³-hybridized carbons (Fsp3) is 0.788. The van der Waals surface area contributed by atoms with E-state index < -0.39 is 22.5 Å². The summed E-state index contributed by atoms with van der Waals surface area (Å²) < 4.78 is 13.0. The van der Waals surface area contributed by atoms with Crippen LogP contribution in [0.4, 0.5) is 4.79 Å². The topological polar surface area (TPSA) is 59.0 Å². The lowest BCUT2D eigenvalue weighted by Crippen LogP contribution is -2.47. The maximum Gasteiger partial charge on any atom is 0.415 e. The van der Waals surface area contributed by atoms with E-state index in [2.05, 4.69) is 78.8 Å². The number of amides is 1. The van der Waals surface area contributed by atoms with Crippen LogP contribution in [-0.4, -0.2) is 57.3 Å². The molecule has 0 aromatic carbocycles. The Morgan fingerprint density at radius 3 is 2.02 bits per heavy atom. The number of carbonyl (C=O) groups is 1. The highest BCUT2D eigenvalue weighted by Crippen LogP contribution is 2.46. The van der Waals surface area contributed by atoms with Gasteiger partial charge in [0.1, 0.15) is 13.8 Å². The molecule has 1 amide bonds. The Morgan fingerprint density at radius 2 is 1.60 bits per heavy atom. The SMILES string of the molecule is CC1=C(OC(=O)N(C(C)C)C(C)C)C[C@H](C(C)C)[C@@H](CO[Si](C)(C)C(C)(C)C)[C@H]1[C@@H](O)/C=C(\C)C#C[Si](C)(C)C. The van der Waals surface area contributed by atoms with Gasteiger partial charge in [0.05, 0.1) is 6.10 Å². The molecule has 0 saturated carbocycles. The van der Waals surface area contributed by atoms with Crippen LogP contribution in [-0.2, 0) is 9.16 Å². The maximum absolute atomic E-state index is 13.4.